The highest BCUT2D eigenvalue weighted by atomic mass is 16.5. The van der Waals surface area contributed by atoms with E-state index in [0.29, 0.717) is 23.7 Å². The molecular formula is C59H109NO4. The van der Waals surface area contributed by atoms with E-state index >= 15 is 0 Å². The summed E-state index contributed by atoms with van der Waals surface area (Å²) >= 11 is 0. The van der Waals surface area contributed by atoms with E-state index in [4.69, 9.17) is 9.47 Å². The van der Waals surface area contributed by atoms with E-state index in [1.165, 1.54) is 187 Å². The topological polar surface area (TPSA) is 55.8 Å². The Kier molecular flexibility index (Phi) is 28.8. The number of rotatable bonds is 34. The Balaban J connectivity index is 0.000000342. The molecule has 4 rings (SSSR count). The van der Waals surface area contributed by atoms with Crippen molar-refractivity contribution in [1.29, 1.82) is 0 Å². The van der Waals surface area contributed by atoms with Crippen molar-refractivity contribution in [3.05, 3.63) is 11.6 Å². The molecule has 0 spiro atoms. The van der Waals surface area contributed by atoms with Gasteiger partial charge in [0.25, 0.3) is 6.47 Å². The third-order valence-corrected chi connectivity index (χ3v) is 17.5. The summed E-state index contributed by atoms with van der Waals surface area (Å²) in [4.78, 5) is 26.0. The summed E-state index contributed by atoms with van der Waals surface area (Å²) in [5.74, 6) is 5.37. The lowest BCUT2D eigenvalue weighted by Crippen LogP contribution is -2.51. The zero-order valence-corrected chi connectivity index (χ0v) is 44.3. The molecule has 0 radical (unpaired) electrons. The van der Waals surface area contributed by atoms with E-state index in [1.54, 1.807) is 5.57 Å². The van der Waals surface area contributed by atoms with Crippen LogP contribution < -0.4 is 0 Å². The molecule has 4 aliphatic rings. The average Bonchev–Trinajstić information content (AvgIpc) is 3.63. The van der Waals surface area contributed by atoms with Crippen LogP contribution in [0.3, 0.4) is 0 Å². The average molecular weight is 897 g/mol. The van der Waals surface area contributed by atoms with Gasteiger partial charge in [-0.2, -0.15) is 0 Å². The van der Waals surface area contributed by atoms with Crippen molar-refractivity contribution in [2.45, 2.75) is 286 Å². The minimum Gasteiger partial charge on any atom is -0.464 e. The van der Waals surface area contributed by atoms with E-state index in [1.807, 2.05) is 0 Å². The molecule has 0 bridgehead atoms. The van der Waals surface area contributed by atoms with Crippen LogP contribution in [0.1, 0.15) is 274 Å². The molecule has 5 heteroatoms. The monoisotopic (exact) mass is 896 g/mol. The molecule has 0 aromatic rings. The lowest BCUT2D eigenvalue weighted by Gasteiger charge is -2.58. The Bertz CT molecular complexity index is 1250. The molecule has 3 fully saturated rings. The van der Waals surface area contributed by atoms with Crippen molar-refractivity contribution >= 4 is 12.4 Å². The third kappa shape index (κ3) is 19.3. The standard InChI is InChI=1S/C31H63NO2.C28H46O2/c1-5-9-12-15-16-20-25-30(24-19-13-10-6-2)34-31(33)26-21-17-18-23-29-32(27-8-4)28-22-14-11-7-3;1-19(2)7-6-8-20(3)24-11-12-25-23-10-9-21-17-22(30-18-29)13-15-27(21,4)26(23)14-16-28(24,25)5/h30H,5-29H2,1-4H3;9,18-20,22-26H,6-8,10-17H2,1-5H3. The molecular weight excluding hydrogens is 787 g/mol. The van der Waals surface area contributed by atoms with Crippen molar-refractivity contribution in [2.75, 3.05) is 19.6 Å². The highest BCUT2D eigenvalue weighted by molar-refractivity contribution is 5.69. The van der Waals surface area contributed by atoms with E-state index in [9.17, 15) is 9.59 Å². The summed E-state index contributed by atoms with van der Waals surface area (Å²) in [7, 11) is 0. The molecule has 0 aromatic carbocycles. The zero-order chi connectivity index (χ0) is 46.6. The number of hydrogen-bond acceptors (Lipinski definition) is 5. The summed E-state index contributed by atoms with van der Waals surface area (Å²) in [5, 5.41) is 0. The number of hydrogen-bond donors (Lipinski definition) is 0. The zero-order valence-electron chi connectivity index (χ0n) is 44.3. The number of carbonyl (C=O) groups is 2. The predicted molar refractivity (Wildman–Crippen MR) is 275 cm³/mol. The second kappa shape index (κ2) is 32.4. The fraction of sp³-hybridized carbons (Fsp3) is 0.932. The van der Waals surface area contributed by atoms with Crippen LogP contribution in [-0.2, 0) is 19.1 Å². The number of esters is 1. The fourth-order valence-electron chi connectivity index (χ4n) is 13.7. The van der Waals surface area contributed by atoms with Crippen LogP contribution in [0.15, 0.2) is 11.6 Å². The van der Waals surface area contributed by atoms with Gasteiger partial charge in [-0.15, -0.1) is 0 Å². The van der Waals surface area contributed by atoms with Crippen LogP contribution in [0.25, 0.3) is 0 Å². The Morgan fingerprint density at radius 1 is 0.672 bits per heavy atom. The van der Waals surface area contributed by atoms with Crippen molar-refractivity contribution < 1.29 is 19.1 Å². The number of allylic oxidation sites excluding steroid dienone is 1. The van der Waals surface area contributed by atoms with Crippen LogP contribution >= 0.6 is 0 Å². The van der Waals surface area contributed by atoms with E-state index < -0.39 is 0 Å². The Morgan fingerprint density at radius 2 is 1.28 bits per heavy atom. The van der Waals surface area contributed by atoms with Crippen LogP contribution in [0.2, 0.25) is 0 Å². The first-order valence-electron chi connectivity index (χ1n) is 28.7. The molecule has 0 aromatic heterocycles. The van der Waals surface area contributed by atoms with E-state index in [-0.39, 0.29) is 18.2 Å². The van der Waals surface area contributed by atoms with Gasteiger partial charge < -0.3 is 14.4 Å². The fourth-order valence-corrected chi connectivity index (χ4v) is 13.7. The second-order valence-corrected chi connectivity index (χ2v) is 23.0. The maximum atomic E-state index is 12.5. The van der Waals surface area contributed by atoms with Crippen molar-refractivity contribution in [2.24, 2.45) is 46.3 Å². The summed E-state index contributed by atoms with van der Waals surface area (Å²) in [6, 6.07) is 0. The van der Waals surface area contributed by atoms with Gasteiger partial charge in [-0.05, 0) is 162 Å². The second-order valence-electron chi connectivity index (χ2n) is 23.0. The number of nitrogens with zero attached hydrogens (tertiary/aromatic N) is 1. The smallest absolute Gasteiger partial charge is 0.306 e. The third-order valence-electron chi connectivity index (χ3n) is 17.5. The quantitative estimate of drug-likeness (QED) is 0.0279. The molecule has 5 nitrogen and oxygen atoms in total. The molecule has 9 unspecified atom stereocenters. The van der Waals surface area contributed by atoms with Crippen LogP contribution in [0, 0.1) is 46.3 Å². The summed E-state index contributed by atoms with van der Waals surface area (Å²) in [6.45, 7) is 26.0. The summed E-state index contributed by atoms with van der Waals surface area (Å²) in [5.41, 5.74) is 2.54. The minimum absolute atomic E-state index is 0.0509. The molecule has 0 N–H and O–H groups in total. The highest BCUT2D eigenvalue weighted by Gasteiger charge is 2.59. The van der Waals surface area contributed by atoms with Crippen LogP contribution in [0.4, 0.5) is 0 Å². The number of ether oxygens (including phenoxy) is 2. The Morgan fingerprint density at radius 3 is 1.92 bits per heavy atom. The van der Waals surface area contributed by atoms with Crippen LogP contribution in [-0.4, -0.2) is 49.2 Å². The summed E-state index contributed by atoms with van der Waals surface area (Å²) in [6.07, 6.45) is 44.3. The van der Waals surface area contributed by atoms with Crippen molar-refractivity contribution in [1.82, 2.24) is 4.90 Å². The molecule has 3 saturated carbocycles. The van der Waals surface area contributed by atoms with Gasteiger partial charge >= 0.3 is 5.97 Å². The first-order valence-corrected chi connectivity index (χ1v) is 28.7. The predicted octanol–water partition coefficient (Wildman–Crippen LogP) is 17.4. The lowest BCUT2D eigenvalue weighted by molar-refractivity contribution is -0.150. The highest BCUT2D eigenvalue weighted by Crippen LogP contribution is 2.67. The van der Waals surface area contributed by atoms with Crippen LogP contribution in [0.5, 0.6) is 0 Å². The van der Waals surface area contributed by atoms with Gasteiger partial charge in [-0.3, -0.25) is 9.59 Å². The molecule has 4 aliphatic carbocycles. The maximum Gasteiger partial charge on any atom is 0.306 e. The number of fused-ring (bicyclic) bond motifs is 5. The van der Waals surface area contributed by atoms with E-state index in [0.717, 1.165) is 74.0 Å². The first-order chi connectivity index (χ1) is 31.0. The first kappa shape index (κ1) is 57.0. The van der Waals surface area contributed by atoms with Gasteiger partial charge in [0.05, 0.1) is 0 Å². The maximum absolute atomic E-state index is 12.5. The van der Waals surface area contributed by atoms with Gasteiger partial charge in [0.1, 0.15) is 12.2 Å². The van der Waals surface area contributed by atoms with Gasteiger partial charge in [-0.1, -0.05) is 177 Å². The normalized spacial score (nSPS) is 27.2. The summed E-state index contributed by atoms with van der Waals surface area (Å²) < 4.78 is 11.3. The lowest BCUT2D eigenvalue weighted by atomic mass is 9.47. The van der Waals surface area contributed by atoms with Gasteiger partial charge in [-0.25, -0.2) is 0 Å². The molecule has 64 heavy (non-hydrogen) atoms. The molecule has 0 heterocycles. The molecule has 0 aliphatic heterocycles. The van der Waals surface area contributed by atoms with E-state index in [2.05, 4.69) is 73.3 Å². The minimum atomic E-state index is 0.0509. The van der Waals surface area contributed by atoms with Gasteiger partial charge in [0.15, 0.2) is 0 Å². The molecule has 0 saturated heterocycles. The van der Waals surface area contributed by atoms with Gasteiger partial charge in [0.2, 0.25) is 0 Å². The largest absolute Gasteiger partial charge is 0.464 e. The number of unbranched alkanes of at least 4 members (excludes halogenated alkanes) is 14. The SMILES string of the molecule is CC(C)CCCC(C)C1CCC2C3CC=C4CC(OC=O)CCC4(C)C3CCC12C.CCCCCCCCC(CCCCCC)OC(=O)CCCCCCN(CCC)CCCCCC. The Labute approximate surface area is 399 Å². The van der Waals surface area contributed by atoms with Crippen molar-refractivity contribution in [3.8, 4) is 0 Å². The molecule has 374 valence electrons. The number of carbonyl (C=O) groups excluding carboxylic acids is 2. The van der Waals surface area contributed by atoms with Gasteiger partial charge in [0, 0.05) is 12.8 Å². The molecule has 9 atom stereocenters. The van der Waals surface area contributed by atoms with Crippen molar-refractivity contribution in [3.63, 3.8) is 0 Å². The Hall–Kier alpha value is -1.36. The molecule has 0 amide bonds.